The fraction of sp³-hybridized carbons (Fsp3) is 0.929. The Morgan fingerprint density at radius 3 is 2.35 bits per heavy atom. The van der Waals surface area contributed by atoms with Crippen LogP contribution in [0.5, 0.6) is 0 Å². The Morgan fingerprint density at radius 2 is 1.94 bits per heavy atom. The van der Waals surface area contributed by atoms with Crippen molar-refractivity contribution >= 4 is 5.91 Å². The fourth-order valence-corrected chi connectivity index (χ4v) is 3.04. The second-order valence-electron chi connectivity index (χ2n) is 6.05. The first-order valence-corrected chi connectivity index (χ1v) is 7.14. The molecule has 0 bridgehead atoms. The maximum Gasteiger partial charge on any atom is 0.244 e. The van der Waals surface area contributed by atoms with Crippen LogP contribution in [0.25, 0.3) is 0 Å². The van der Waals surface area contributed by atoms with E-state index in [0.29, 0.717) is 17.9 Å². The molecular formula is C14H26N2O. The Labute approximate surface area is 105 Å². The average molecular weight is 238 g/mol. The summed E-state index contributed by atoms with van der Waals surface area (Å²) in [7, 11) is 0. The predicted molar refractivity (Wildman–Crippen MR) is 69.6 cm³/mol. The van der Waals surface area contributed by atoms with E-state index in [1.54, 1.807) is 0 Å². The van der Waals surface area contributed by atoms with Crippen molar-refractivity contribution in [3.8, 4) is 0 Å². The van der Waals surface area contributed by atoms with Crippen LogP contribution in [-0.4, -0.2) is 28.6 Å². The Bertz CT molecular complexity index is 293. The molecule has 1 saturated carbocycles. The molecule has 3 heteroatoms. The maximum absolute atomic E-state index is 12.5. The molecule has 2 rings (SSSR count). The first kappa shape index (κ1) is 12.9. The molecule has 1 spiro atoms. The van der Waals surface area contributed by atoms with E-state index in [1.807, 2.05) is 0 Å². The molecule has 3 nitrogen and oxygen atoms in total. The van der Waals surface area contributed by atoms with Gasteiger partial charge < -0.3 is 4.90 Å². The smallest absolute Gasteiger partial charge is 0.244 e. The molecule has 0 aromatic heterocycles. The van der Waals surface area contributed by atoms with Crippen LogP contribution >= 0.6 is 0 Å². The Morgan fingerprint density at radius 1 is 1.35 bits per heavy atom. The number of nitrogens with one attached hydrogen (secondary N) is 1. The van der Waals surface area contributed by atoms with Gasteiger partial charge in [-0.2, -0.15) is 0 Å². The number of carbonyl (C=O) groups is 1. The van der Waals surface area contributed by atoms with E-state index in [4.69, 9.17) is 0 Å². The minimum atomic E-state index is -0.151. The molecule has 1 amide bonds. The second kappa shape index (κ2) is 4.60. The van der Waals surface area contributed by atoms with Crippen LogP contribution in [0, 0.1) is 5.92 Å². The molecule has 0 aromatic rings. The lowest BCUT2D eigenvalue weighted by Crippen LogP contribution is -2.44. The Balaban J connectivity index is 2.15. The molecule has 1 unspecified atom stereocenters. The molecule has 1 atom stereocenters. The van der Waals surface area contributed by atoms with Gasteiger partial charge in [0.2, 0.25) is 5.91 Å². The summed E-state index contributed by atoms with van der Waals surface area (Å²) in [6, 6.07) is 0.415. The van der Waals surface area contributed by atoms with Gasteiger partial charge in [0.25, 0.3) is 0 Å². The van der Waals surface area contributed by atoms with Gasteiger partial charge in [-0.1, -0.05) is 27.7 Å². The van der Waals surface area contributed by atoms with E-state index < -0.39 is 0 Å². The van der Waals surface area contributed by atoms with Crippen molar-refractivity contribution in [2.45, 2.75) is 77.5 Å². The van der Waals surface area contributed by atoms with Crippen molar-refractivity contribution in [1.82, 2.24) is 10.2 Å². The van der Waals surface area contributed by atoms with Crippen LogP contribution in [0.15, 0.2) is 0 Å². The summed E-state index contributed by atoms with van der Waals surface area (Å²) in [6.07, 6.45) is 5.55. The van der Waals surface area contributed by atoms with E-state index >= 15 is 0 Å². The van der Waals surface area contributed by atoms with E-state index in [0.717, 1.165) is 32.1 Å². The monoisotopic (exact) mass is 238 g/mol. The van der Waals surface area contributed by atoms with Crippen LogP contribution in [0.3, 0.4) is 0 Å². The highest BCUT2D eigenvalue weighted by Gasteiger charge is 2.59. The molecule has 2 aliphatic rings. The molecule has 1 N–H and O–H groups in total. The van der Waals surface area contributed by atoms with Gasteiger partial charge in [0.15, 0.2) is 0 Å². The maximum atomic E-state index is 12.5. The molecule has 98 valence electrons. The Kier molecular flexibility index (Phi) is 3.48. The molecule has 1 heterocycles. The van der Waals surface area contributed by atoms with Crippen molar-refractivity contribution in [3.63, 3.8) is 0 Å². The number of hydrogen-bond acceptors (Lipinski definition) is 2. The molecule has 0 radical (unpaired) electrons. The second-order valence-corrected chi connectivity index (χ2v) is 6.05. The summed E-state index contributed by atoms with van der Waals surface area (Å²) in [4.78, 5) is 14.7. The predicted octanol–water partition coefficient (Wildman–Crippen LogP) is 2.51. The number of hydrogen-bond donors (Lipinski definition) is 1. The number of amides is 1. The lowest BCUT2D eigenvalue weighted by molar-refractivity contribution is -0.133. The third-order valence-electron chi connectivity index (χ3n) is 4.20. The first-order valence-electron chi connectivity index (χ1n) is 7.14. The number of rotatable bonds is 5. The Hall–Kier alpha value is -0.570. The number of carbonyl (C=O) groups excluding carboxylic acids is 1. The third-order valence-corrected chi connectivity index (χ3v) is 4.20. The van der Waals surface area contributed by atoms with Crippen molar-refractivity contribution in [2.24, 2.45) is 5.92 Å². The highest BCUT2D eigenvalue weighted by atomic mass is 16.2. The van der Waals surface area contributed by atoms with Crippen LogP contribution in [0.2, 0.25) is 0 Å². The van der Waals surface area contributed by atoms with Gasteiger partial charge >= 0.3 is 0 Å². The molecule has 1 aliphatic carbocycles. The summed E-state index contributed by atoms with van der Waals surface area (Å²) in [5, 5.41) is 3.60. The van der Waals surface area contributed by atoms with Crippen molar-refractivity contribution in [1.29, 1.82) is 0 Å². The van der Waals surface area contributed by atoms with Crippen LogP contribution < -0.4 is 5.32 Å². The molecule has 0 aromatic carbocycles. The topological polar surface area (TPSA) is 32.3 Å². The molecule has 1 aliphatic heterocycles. The molecular weight excluding hydrogens is 212 g/mol. The molecule has 2 fully saturated rings. The standard InChI is InChI=1S/C14H26N2O/c1-5-11(6-2)16-12(9-10(3)4)15-14(7-8-14)13(16)17/h10-12,15H,5-9H2,1-4H3. The van der Waals surface area contributed by atoms with Gasteiger partial charge in [0.1, 0.15) is 0 Å². The molecule has 17 heavy (non-hydrogen) atoms. The largest absolute Gasteiger partial charge is 0.323 e. The summed E-state index contributed by atoms with van der Waals surface area (Å²) in [5.74, 6) is 1.00. The van der Waals surface area contributed by atoms with Crippen LogP contribution in [-0.2, 0) is 4.79 Å². The fourth-order valence-electron chi connectivity index (χ4n) is 3.04. The normalized spacial score (nSPS) is 26.6. The van der Waals surface area contributed by atoms with Gasteiger partial charge in [-0.15, -0.1) is 0 Å². The minimum Gasteiger partial charge on any atom is -0.323 e. The van der Waals surface area contributed by atoms with E-state index in [2.05, 4.69) is 37.9 Å². The quantitative estimate of drug-likeness (QED) is 0.798. The zero-order chi connectivity index (χ0) is 12.6. The molecule has 1 saturated heterocycles. The van der Waals surface area contributed by atoms with E-state index in [1.165, 1.54) is 0 Å². The van der Waals surface area contributed by atoms with Gasteiger partial charge in [0.05, 0.1) is 11.7 Å². The third kappa shape index (κ3) is 2.22. The zero-order valence-corrected chi connectivity index (χ0v) is 11.6. The van der Waals surface area contributed by atoms with Crippen molar-refractivity contribution in [3.05, 3.63) is 0 Å². The SMILES string of the molecule is CCC(CC)N1C(=O)C2(CC2)NC1CC(C)C. The van der Waals surface area contributed by atoms with Gasteiger partial charge in [-0.05, 0) is 38.0 Å². The van der Waals surface area contributed by atoms with Gasteiger partial charge in [-0.3, -0.25) is 10.1 Å². The summed E-state index contributed by atoms with van der Waals surface area (Å²) in [5.41, 5.74) is -0.151. The van der Waals surface area contributed by atoms with Crippen LogP contribution in [0.1, 0.15) is 59.8 Å². The minimum absolute atomic E-state index is 0.151. The van der Waals surface area contributed by atoms with Crippen molar-refractivity contribution in [2.75, 3.05) is 0 Å². The van der Waals surface area contributed by atoms with E-state index in [9.17, 15) is 4.79 Å². The van der Waals surface area contributed by atoms with E-state index in [-0.39, 0.29) is 11.7 Å². The zero-order valence-electron chi connectivity index (χ0n) is 11.6. The first-order chi connectivity index (χ1) is 8.04. The summed E-state index contributed by atoms with van der Waals surface area (Å²) in [6.45, 7) is 8.84. The van der Waals surface area contributed by atoms with Gasteiger partial charge in [-0.25, -0.2) is 0 Å². The highest BCUT2D eigenvalue weighted by Crippen LogP contribution is 2.44. The highest BCUT2D eigenvalue weighted by molar-refractivity contribution is 5.92. The van der Waals surface area contributed by atoms with Gasteiger partial charge in [0, 0.05) is 6.04 Å². The lowest BCUT2D eigenvalue weighted by Gasteiger charge is -2.32. The summed E-state index contributed by atoms with van der Waals surface area (Å²) >= 11 is 0. The average Bonchev–Trinajstić information content (AvgIpc) is 2.99. The van der Waals surface area contributed by atoms with Crippen molar-refractivity contribution < 1.29 is 4.79 Å². The number of nitrogens with zero attached hydrogens (tertiary/aromatic N) is 1. The lowest BCUT2D eigenvalue weighted by atomic mass is 10.1. The van der Waals surface area contributed by atoms with Crippen LogP contribution in [0.4, 0.5) is 0 Å². The summed E-state index contributed by atoms with van der Waals surface area (Å²) < 4.78 is 0.